The van der Waals surface area contributed by atoms with E-state index in [9.17, 15) is 14.4 Å². The normalized spacial score (nSPS) is 30.8. The first kappa shape index (κ1) is 18.0. The molecule has 4 aliphatic rings. The van der Waals surface area contributed by atoms with Crippen molar-refractivity contribution in [2.24, 2.45) is 17.8 Å². The molecule has 1 aromatic heterocycles. The van der Waals surface area contributed by atoms with Gasteiger partial charge in [-0.25, -0.2) is 14.6 Å². The Morgan fingerprint density at radius 3 is 2.44 bits per heavy atom. The summed E-state index contributed by atoms with van der Waals surface area (Å²) >= 11 is 0. The fourth-order valence-electron chi connectivity index (χ4n) is 5.58. The number of hydrogen-bond donors (Lipinski definition) is 2. The SMILES string of the molecule is CCOC(=O)c1cnc(=O)[nH]c1OCC(=O)NC12CC3CC(CC(C3)C1)C2. The van der Waals surface area contributed by atoms with Gasteiger partial charge in [0.2, 0.25) is 5.88 Å². The fraction of sp³-hybridized carbons (Fsp3) is 0.684. The minimum Gasteiger partial charge on any atom is -0.468 e. The third kappa shape index (κ3) is 3.70. The summed E-state index contributed by atoms with van der Waals surface area (Å²) in [6, 6.07) is 0. The molecule has 2 N–H and O–H groups in total. The van der Waals surface area contributed by atoms with Gasteiger partial charge in [-0.3, -0.25) is 9.78 Å². The van der Waals surface area contributed by atoms with Crippen LogP contribution in [0.1, 0.15) is 55.8 Å². The predicted molar refractivity (Wildman–Crippen MR) is 95.4 cm³/mol. The van der Waals surface area contributed by atoms with Crippen LogP contribution in [-0.4, -0.2) is 40.6 Å². The summed E-state index contributed by atoms with van der Waals surface area (Å²) in [7, 11) is 0. The van der Waals surface area contributed by atoms with Crippen molar-refractivity contribution in [2.45, 2.75) is 51.0 Å². The maximum absolute atomic E-state index is 12.5. The summed E-state index contributed by atoms with van der Waals surface area (Å²) in [4.78, 5) is 41.8. The van der Waals surface area contributed by atoms with Gasteiger partial charge in [-0.05, 0) is 63.2 Å². The first-order chi connectivity index (χ1) is 13.0. The van der Waals surface area contributed by atoms with E-state index in [0.717, 1.165) is 43.2 Å². The van der Waals surface area contributed by atoms with Crippen LogP contribution < -0.4 is 15.7 Å². The van der Waals surface area contributed by atoms with Crippen LogP contribution in [-0.2, 0) is 9.53 Å². The van der Waals surface area contributed by atoms with Crippen molar-refractivity contribution < 1.29 is 19.1 Å². The molecule has 1 aromatic rings. The number of H-pyrrole nitrogens is 1. The molecule has 0 radical (unpaired) electrons. The number of aromatic amines is 1. The maximum Gasteiger partial charge on any atom is 0.347 e. The van der Waals surface area contributed by atoms with Crippen LogP contribution >= 0.6 is 0 Å². The van der Waals surface area contributed by atoms with E-state index in [0.29, 0.717) is 0 Å². The van der Waals surface area contributed by atoms with Crippen molar-refractivity contribution in [3.05, 3.63) is 22.2 Å². The zero-order valence-electron chi connectivity index (χ0n) is 15.5. The summed E-state index contributed by atoms with van der Waals surface area (Å²) in [5, 5.41) is 3.20. The van der Waals surface area contributed by atoms with E-state index < -0.39 is 11.7 Å². The summed E-state index contributed by atoms with van der Waals surface area (Å²) in [5.74, 6) is 1.20. The lowest BCUT2D eigenvalue weighted by Gasteiger charge is -2.56. The Bertz CT molecular complexity index is 767. The molecule has 0 unspecified atom stereocenters. The molecule has 0 spiro atoms. The van der Waals surface area contributed by atoms with Crippen LogP contribution in [0.25, 0.3) is 0 Å². The lowest BCUT2D eigenvalue weighted by molar-refractivity contribution is -0.129. The summed E-state index contributed by atoms with van der Waals surface area (Å²) in [6.07, 6.45) is 8.14. The van der Waals surface area contributed by atoms with Gasteiger partial charge < -0.3 is 14.8 Å². The lowest BCUT2D eigenvalue weighted by Crippen LogP contribution is -2.60. The zero-order chi connectivity index (χ0) is 19.0. The number of carbonyl (C=O) groups excluding carboxylic acids is 2. The number of hydrogen-bond acceptors (Lipinski definition) is 6. The van der Waals surface area contributed by atoms with Crippen LogP contribution in [0.5, 0.6) is 5.88 Å². The van der Waals surface area contributed by atoms with Crippen molar-refractivity contribution in [2.75, 3.05) is 13.2 Å². The number of amides is 1. The van der Waals surface area contributed by atoms with Gasteiger partial charge >= 0.3 is 11.7 Å². The van der Waals surface area contributed by atoms with Crippen LogP contribution in [0.3, 0.4) is 0 Å². The smallest absolute Gasteiger partial charge is 0.347 e. The molecule has 27 heavy (non-hydrogen) atoms. The molecule has 4 bridgehead atoms. The number of nitrogens with zero attached hydrogens (tertiary/aromatic N) is 1. The fourth-order valence-corrected chi connectivity index (χ4v) is 5.58. The number of ether oxygens (including phenoxy) is 2. The average molecular weight is 375 g/mol. The topological polar surface area (TPSA) is 110 Å². The first-order valence-corrected chi connectivity index (χ1v) is 9.66. The van der Waals surface area contributed by atoms with Crippen LogP contribution in [0.2, 0.25) is 0 Å². The molecule has 0 aliphatic heterocycles. The summed E-state index contributed by atoms with van der Waals surface area (Å²) in [6.45, 7) is 1.59. The van der Waals surface area contributed by atoms with Gasteiger partial charge in [0.05, 0.1) is 12.8 Å². The van der Waals surface area contributed by atoms with Crippen molar-refractivity contribution in [3.8, 4) is 5.88 Å². The Labute approximate surface area is 157 Å². The second kappa shape index (κ2) is 6.98. The lowest BCUT2D eigenvalue weighted by atomic mass is 9.53. The molecule has 4 aliphatic carbocycles. The van der Waals surface area contributed by atoms with Gasteiger partial charge in [0.1, 0.15) is 5.56 Å². The van der Waals surface area contributed by atoms with Crippen molar-refractivity contribution in [1.29, 1.82) is 0 Å². The van der Waals surface area contributed by atoms with Crippen molar-refractivity contribution in [1.82, 2.24) is 15.3 Å². The molecule has 1 heterocycles. The zero-order valence-corrected chi connectivity index (χ0v) is 15.5. The Kier molecular flexibility index (Phi) is 4.65. The van der Waals surface area contributed by atoms with Gasteiger partial charge in [0.25, 0.3) is 5.91 Å². The molecule has 5 rings (SSSR count). The van der Waals surface area contributed by atoms with Gasteiger partial charge in [-0.2, -0.15) is 0 Å². The molecular weight excluding hydrogens is 350 g/mol. The first-order valence-electron chi connectivity index (χ1n) is 9.66. The molecule has 0 atom stereocenters. The standard InChI is InChI=1S/C19H25N3O5/c1-2-26-17(24)14-9-20-18(25)21-16(14)27-10-15(23)22-19-6-11-3-12(7-19)5-13(4-11)8-19/h9,11-13H,2-8,10H2,1H3,(H,22,23)(H,20,21,25). The van der Waals surface area contributed by atoms with Gasteiger partial charge in [0.15, 0.2) is 6.61 Å². The minimum absolute atomic E-state index is 0.000875. The number of nitrogens with one attached hydrogen (secondary N) is 2. The molecule has 8 heteroatoms. The van der Waals surface area contributed by atoms with E-state index >= 15 is 0 Å². The maximum atomic E-state index is 12.5. The van der Waals surface area contributed by atoms with E-state index in [1.165, 1.54) is 19.3 Å². The van der Waals surface area contributed by atoms with E-state index in [1.807, 2.05) is 0 Å². The van der Waals surface area contributed by atoms with Crippen molar-refractivity contribution in [3.63, 3.8) is 0 Å². The third-order valence-electron chi connectivity index (χ3n) is 6.06. The Morgan fingerprint density at radius 1 is 1.22 bits per heavy atom. The molecule has 0 aromatic carbocycles. The van der Waals surface area contributed by atoms with Crippen molar-refractivity contribution >= 4 is 11.9 Å². The van der Waals surface area contributed by atoms with Crippen LogP contribution in [0, 0.1) is 17.8 Å². The number of carbonyl (C=O) groups is 2. The Morgan fingerprint density at radius 2 is 1.85 bits per heavy atom. The number of esters is 1. The second-order valence-electron chi connectivity index (χ2n) is 8.19. The molecule has 1 amide bonds. The quantitative estimate of drug-likeness (QED) is 0.728. The number of rotatable bonds is 6. The Hall–Kier alpha value is -2.38. The highest BCUT2D eigenvalue weighted by Crippen LogP contribution is 2.55. The van der Waals surface area contributed by atoms with E-state index in [-0.39, 0.29) is 36.1 Å². The minimum atomic E-state index is -0.655. The highest BCUT2D eigenvalue weighted by atomic mass is 16.5. The average Bonchev–Trinajstić information content (AvgIpc) is 2.58. The van der Waals surface area contributed by atoms with Crippen LogP contribution in [0.15, 0.2) is 11.0 Å². The Balaban J connectivity index is 1.41. The third-order valence-corrected chi connectivity index (χ3v) is 6.06. The van der Waals surface area contributed by atoms with Gasteiger partial charge in [0, 0.05) is 5.54 Å². The number of aromatic nitrogens is 2. The molecule has 146 valence electrons. The highest BCUT2D eigenvalue weighted by Gasteiger charge is 2.51. The van der Waals surface area contributed by atoms with Crippen LogP contribution in [0.4, 0.5) is 0 Å². The van der Waals surface area contributed by atoms with E-state index in [4.69, 9.17) is 9.47 Å². The van der Waals surface area contributed by atoms with Gasteiger partial charge in [-0.1, -0.05) is 0 Å². The summed E-state index contributed by atoms with van der Waals surface area (Å²) < 4.78 is 10.4. The highest BCUT2D eigenvalue weighted by molar-refractivity contribution is 5.91. The molecular formula is C19H25N3O5. The molecule has 4 fully saturated rings. The molecule has 8 nitrogen and oxygen atoms in total. The monoisotopic (exact) mass is 375 g/mol. The van der Waals surface area contributed by atoms with E-state index in [2.05, 4.69) is 15.3 Å². The second-order valence-corrected chi connectivity index (χ2v) is 8.19. The van der Waals surface area contributed by atoms with Gasteiger partial charge in [-0.15, -0.1) is 0 Å². The van der Waals surface area contributed by atoms with E-state index in [1.54, 1.807) is 6.92 Å². The summed E-state index contributed by atoms with van der Waals surface area (Å²) in [5.41, 5.74) is -0.760. The molecule has 0 saturated heterocycles. The largest absolute Gasteiger partial charge is 0.468 e. The molecule has 4 saturated carbocycles. The predicted octanol–water partition coefficient (Wildman–Crippen LogP) is 1.41.